The zero-order chi connectivity index (χ0) is 12.7. The molecular weight excluding hydrogens is 250 g/mol. The molecule has 1 N–H and O–H groups in total. The quantitative estimate of drug-likeness (QED) is 0.575. The Morgan fingerprint density at radius 1 is 1.35 bits per heavy atom. The average molecular weight is 272 g/mol. The molecule has 0 aliphatic carbocycles. The zero-order valence-electron chi connectivity index (χ0n) is 10.9. The standard InChI is InChI=1S/C14H22ClNS/c1-4-7-16-9-12-5-6-13(8-14(12)15)17-10-11(2)3/h5-6,8,11,16H,4,7,9-10H2,1-3H3. The normalized spacial score (nSPS) is 11.1. The van der Waals surface area contributed by atoms with Gasteiger partial charge in [-0.25, -0.2) is 0 Å². The molecule has 0 aliphatic heterocycles. The fraction of sp³-hybridized carbons (Fsp3) is 0.571. The van der Waals surface area contributed by atoms with Gasteiger partial charge in [-0.05, 0) is 36.6 Å². The maximum absolute atomic E-state index is 6.27. The fourth-order valence-electron chi connectivity index (χ4n) is 1.42. The van der Waals surface area contributed by atoms with Crippen LogP contribution in [0, 0.1) is 5.92 Å². The highest BCUT2D eigenvalue weighted by Crippen LogP contribution is 2.26. The summed E-state index contributed by atoms with van der Waals surface area (Å²) in [5.41, 5.74) is 1.19. The number of halogens is 1. The number of benzene rings is 1. The summed E-state index contributed by atoms with van der Waals surface area (Å²) in [7, 11) is 0. The van der Waals surface area contributed by atoms with E-state index in [4.69, 9.17) is 11.6 Å². The zero-order valence-corrected chi connectivity index (χ0v) is 12.5. The third-order valence-corrected chi connectivity index (χ3v) is 4.12. The first kappa shape index (κ1) is 14.9. The highest BCUT2D eigenvalue weighted by molar-refractivity contribution is 7.99. The molecule has 0 bridgehead atoms. The van der Waals surface area contributed by atoms with Crippen LogP contribution in [-0.2, 0) is 6.54 Å². The van der Waals surface area contributed by atoms with Crippen molar-refractivity contribution in [3.05, 3.63) is 28.8 Å². The minimum Gasteiger partial charge on any atom is -0.313 e. The summed E-state index contributed by atoms with van der Waals surface area (Å²) in [4.78, 5) is 1.27. The molecule has 17 heavy (non-hydrogen) atoms. The Balaban J connectivity index is 2.53. The van der Waals surface area contributed by atoms with E-state index < -0.39 is 0 Å². The van der Waals surface area contributed by atoms with Gasteiger partial charge in [-0.3, -0.25) is 0 Å². The first-order chi connectivity index (χ1) is 8.13. The third-order valence-electron chi connectivity index (χ3n) is 2.35. The lowest BCUT2D eigenvalue weighted by Gasteiger charge is -2.09. The summed E-state index contributed by atoms with van der Waals surface area (Å²) in [5, 5.41) is 4.25. The smallest absolute Gasteiger partial charge is 0.0462 e. The number of thioether (sulfide) groups is 1. The number of hydrogen-bond donors (Lipinski definition) is 1. The molecule has 0 radical (unpaired) electrons. The van der Waals surface area contributed by atoms with Gasteiger partial charge in [-0.2, -0.15) is 0 Å². The summed E-state index contributed by atoms with van der Waals surface area (Å²) >= 11 is 8.15. The van der Waals surface area contributed by atoms with Crippen LogP contribution in [0.4, 0.5) is 0 Å². The molecule has 96 valence electrons. The average Bonchev–Trinajstić information content (AvgIpc) is 2.29. The Labute approximate surface area is 114 Å². The molecule has 0 saturated carbocycles. The molecule has 1 aromatic rings. The predicted octanol–water partition coefficient (Wildman–Crippen LogP) is 4.59. The molecule has 1 rings (SSSR count). The Morgan fingerprint density at radius 2 is 2.12 bits per heavy atom. The Morgan fingerprint density at radius 3 is 2.71 bits per heavy atom. The minimum atomic E-state index is 0.713. The second-order valence-electron chi connectivity index (χ2n) is 4.63. The van der Waals surface area contributed by atoms with Crippen molar-refractivity contribution < 1.29 is 0 Å². The van der Waals surface area contributed by atoms with Crippen molar-refractivity contribution in [3.63, 3.8) is 0 Å². The lowest BCUT2D eigenvalue weighted by Crippen LogP contribution is -2.13. The molecule has 0 spiro atoms. The van der Waals surface area contributed by atoms with Crippen LogP contribution < -0.4 is 5.32 Å². The fourth-order valence-corrected chi connectivity index (χ4v) is 2.63. The van der Waals surface area contributed by atoms with Crippen molar-refractivity contribution in [2.75, 3.05) is 12.3 Å². The van der Waals surface area contributed by atoms with E-state index in [9.17, 15) is 0 Å². The lowest BCUT2D eigenvalue weighted by atomic mass is 10.2. The second kappa shape index (κ2) is 8.02. The first-order valence-corrected chi connectivity index (χ1v) is 7.61. The molecule has 0 saturated heterocycles. The van der Waals surface area contributed by atoms with Crippen LogP contribution in [0.2, 0.25) is 5.02 Å². The van der Waals surface area contributed by atoms with Crippen LogP contribution in [0.5, 0.6) is 0 Å². The maximum atomic E-state index is 6.27. The van der Waals surface area contributed by atoms with Crippen molar-refractivity contribution in [1.82, 2.24) is 5.32 Å². The molecule has 0 aromatic heterocycles. The van der Waals surface area contributed by atoms with E-state index in [2.05, 4.69) is 44.3 Å². The van der Waals surface area contributed by atoms with E-state index in [1.54, 1.807) is 0 Å². The molecule has 1 aromatic carbocycles. The maximum Gasteiger partial charge on any atom is 0.0462 e. The summed E-state index contributed by atoms with van der Waals surface area (Å²) in [6, 6.07) is 6.38. The van der Waals surface area contributed by atoms with E-state index in [1.807, 2.05) is 11.8 Å². The molecule has 0 heterocycles. The molecular formula is C14H22ClNS. The van der Waals surface area contributed by atoms with Gasteiger partial charge in [0.1, 0.15) is 0 Å². The van der Waals surface area contributed by atoms with Gasteiger partial charge in [0.25, 0.3) is 0 Å². The van der Waals surface area contributed by atoms with Crippen molar-refractivity contribution in [2.45, 2.75) is 38.6 Å². The van der Waals surface area contributed by atoms with E-state index in [1.165, 1.54) is 10.5 Å². The van der Waals surface area contributed by atoms with Gasteiger partial charge in [0, 0.05) is 22.2 Å². The summed E-state index contributed by atoms with van der Waals surface area (Å²) in [6.07, 6.45) is 1.15. The second-order valence-corrected chi connectivity index (χ2v) is 6.14. The van der Waals surface area contributed by atoms with Crippen molar-refractivity contribution in [1.29, 1.82) is 0 Å². The van der Waals surface area contributed by atoms with Gasteiger partial charge in [0.15, 0.2) is 0 Å². The SMILES string of the molecule is CCCNCc1ccc(SCC(C)C)cc1Cl. The lowest BCUT2D eigenvalue weighted by molar-refractivity contribution is 0.675. The molecule has 0 fully saturated rings. The molecule has 0 atom stereocenters. The van der Waals surface area contributed by atoms with E-state index in [0.717, 1.165) is 30.3 Å². The Hall–Kier alpha value is -0.180. The molecule has 0 unspecified atom stereocenters. The van der Waals surface area contributed by atoms with Gasteiger partial charge < -0.3 is 5.32 Å². The molecule has 3 heteroatoms. The first-order valence-electron chi connectivity index (χ1n) is 6.25. The summed E-state index contributed by atoms with van der Waals surface area (Å²) in [5.74, 6) is 1.86. The molecule has 1 nitrogen and oxygen atoms in total. The Bertz CT molecular complexity index is 339. The topological polar surface area (TPSA) is 12.0 Å². The predicted molar refractivity (Wildman–Crippen MR) is 79.0 cm³/mol. The minimum absolute atomic E-state index is 0.713. The van der Waals surface area contributed by atoms with Crippen LogP contribution in [0.15, 0.2) is 23.1 Å². The molecule has 0 amide bonds. The number of nitrogens with one attached hydrogen (secondary N) is 1. The van der Waals surface area contributed by atoms with Crippen LogP contribution in [0.1, 0.15) is 32.8 Å². The van der Waals surface area contributed by atoms with Gasteiger partial charge in [0.05, 0.1) is 0 Å². The van der Waals surface area contributed by atoms with Crippen molar-refractivity contribution in [2.24, 2.45) is 5.92 Å². The highest BCUT2D eigenvalue weighted by Gasteiger charge is 2.03. The Kier molecular flexibility index (Phi) is 7.02. The van der Waals surface area contributed by atoms with Gasteiger partial charge >= 0.3 is 0 Å². The monoisotopic (exact) mass is 271 g/mol. The van der Waals surface area contributed by atoms with Crippen LogP contribution >= 0.6 is 23.4 Å². The van der Waals surface area contributed by atoms with E-state index in [0.29, 0.717) is 5.92 Å². The number of rotatable bonds is 7. The van der Waals surface area contributed by atoms with E-state index in [-0.39, 0.29) is 0 Å². The van der Waals surface area contributed by atoms with Crippen LogP contribution in [0.25, 0.3) is 0 Å². The van der Waals surface area contributed by atoms with Crippen LogP contribution in [-0.4, -0.2) is 12.3 Å². The number of hydrogen-bond acceptors (Lipinski definition) is 2. The van der Waals surface area contributed by atoms with Crippen molar-refractivity contribution in [3.8, 4) is 0 Å². The molecule has 0 aliphatic rings. The third kappa shape index (κ3) is 5.80. The van der Waals surface area contributed by atoms with Gasteiger partial charge in [-0.1, -0.05) is 38.4 Å². The van der Waals surface area contributed by atoms with E-state index >= 15 is 0 Å². The van der Waals surface area contributed by atoms with Gasteiger partial charge in [0.2, 0.25) is 0 Å². The van der Waals surface area contributed by atoms with Crippen molar-refractivity contribution >= 4 is 23.4 Å². The highest BCUT2D eigenvalue weighted by atomic mass is 35.5. The van der Waals surface area contributed by atoms with Crippen LogP contribution in [0.3, 0.4) is 0 Å². The summed E-state index contributed by atoms with van der Waals surface area (Å²) in [6.45, 7) is 8.54. The largest absolute Gasteiger partial charge is 0.313 e. The summed E-state index contributed by atoms with van der Waals surface area (Å²) < 4.78 is 0. The van der Waals surface area contributed by atoms with Gasteiger partial charge in [-0.15, -0.1) is 11.8 Å².